The normalized spacial score (nSPS) is 28.6. The molecule has 0 bridgehead atoms. The van der Waals surface area contributed by atoms with Crippen molar-refractivity contribution in [3.8, 4) is 5.75 Å². The van der Waals surface area contributed by atoms with Crippen molar-refractivity contribution in [1.82, 2.24) is 10.6 Å². The van der Waals surface area contributed by atoms with Crippen LogP contribution in [0.5, 0.6) is 5.75 Å². The Kier molecular flexibility index (Phi) is 5.56. The average molecular weight is 334 g/mol. The van der Waals surface area contributed by atoms with Gasteiger partial charge in [-0.15, -0.1) is 0 Å². The third-order valence-electron chi connectivity index (χ3n) is 5.60. The molecule has 1 aliphatic rings. The monoisotopic (exact) mass is 334 g/mol. The van der Waals surface area contributed by atoms with Gasteiger partial charge < -0.3 is 9.47 Å². The quantitative estimate of drug-likeness (QED) is 0.783. The molecule has 1 aromatic rings. The van der Waals surface area contributed by atoms with Crippen molar-refractivity contribution in [3.05, 3.63) is 29.8 Å². The van der Waals surface area contributed by atoms with E-state index in [4.69, 9.17) is 9.47 Å². The molecule has 5 nitrogen and oxygen atoms in total. The zero-order chi connectivity index (χ0) is 18.0. The summed E-state index contributed by atoms with van der Waals surface area (Å²) in [4.78, 5) is 11.5. The van der Waals surface area contributed by atoms with E-state index >= 15 is 0 Å². The molecule has 3 atom stereocenters. The van der Waals surface area contributed by atoms with E-state index < -0.39 is 6.10 Å². The molecule has 0 aliphatic carbocycles. The summed E-state index contributed by atoms with van der Waals surface area (Å²) < 4.78 is 10.4. The van der Waals surface area contributed by atoms with Crippen LogP contribution in [0.1, 0.15) is 59.2 Å². The van der Waals surface area contributed by atoms with Gasteiger partial charge in [-0.2, -0.15) is 0 Å². The molecule has 0 spiro atoms. The van der Waals surface area contributed by atoms with Gasteiger partial charge >= 0.3 is 5.97 Å². The Bertz CT molecular complexity index is 574. The number of carbonyl (C=O) groups excluding carboxylic acids is 1. The second kappa shape index (κ2) is 7.11. The van der Waals surface area contributed by atoms with Gasteiger partial charge in [0.15, 0.2) is 6.10 Å². The van der Waals surface area contributed by atoms with E-state index in [0.29, 0.717) is 5.75 Å². The molecule has 0 saturated carbocycles. The van der Waals surface area contributed by atoms with Crippen LogP contribution in [0.2, 0.25) is 0 Å². The van der Waals surface area contributed by atoms with E-state index in [-0.39, 0.29) is 23.2 Å². The van der Waals surface area contributed by atoms with Gasteiger partial charge in [-0.05, 0) is 51.3 Å². The smallest absolute Gasteiger partial charge is 0.346 e. The molecule has 1 saturated heterocycles. The molecule has 24 heavy (non-hydrogen) atoms. The number of rotatable bonds is 6. The number of nitrogens with one attached hydrogen (secondary N) is 2. The summed E-state index contributed by atoms with van der Waals surface area (Å²) in [5.41, 5.74) is 1.13. The van der Waals surface area contributed by atoms with Crippen LogP contribution in [0.4, 0.5) is 0 Å². The maximum absolute atomic E-state index is 11.5. The molecule has 2 N–H and O–H groups in total. The summed E-state index contributed by atoms with van der Waals surface area (Å²) in [6, 6.07) is 7.85. The third-order valence-corrected chi connectivity index (χ3v) is 5.60. The number of benzene rings is 1. The van der Waals surface area contributed by atoms with Crippen molar-refractivity contribution in [3.63, 3.8) is 0 Å². The first kappa shape index (κ1) is 18.7. The lowest BCUT2D eigenvalue weighted by molar-refractivity contribution is -0.147. The van der Waals surface area contributed by atoms with Gasteiger partial charge in [-0.3, -0.25) is 10.6 Å². The Hall–Kier alpha value is -1.59. The highest BCUT2D eigenvalue weighted by Crippen LogP contribution is 2.38. The van der Waals surface area contributed by atoms with Crippen LogP contribution >= 0.6 is 0 Å². The maximum atomic E-state index is 11.5. The Morgan fingerprint density at radius 2 is 1.79 bits per heavy atom. The number of carbonyl (C=O) groups is 1. The topological polar surface area (TPSA) is 59.6 Å². The van der Waals surface area contributed by atoms with Gasteiger partial charge in [0.2, 0.25) is 0 Å². The minimum Gasteiger partial charge on any atom is -0.479 e. The second-order valence-corrected chi connectivity index (χ2v) is 6.95. The standard InChI is InChI=1S/C19H30N2O3/c1-7-18(4)19(5,8-2)21-16(20-18)14-10-9-11-15(12-14)24-13(3)17(22)23-6/h9-13,16,20-21H,7-8H2,1-6H3/t13-,18-,19-/m1/s1. The molecule has 0 unspecified atom stereocenters. The van der Waals surface area contributed by atoms with Crippen molar-refractivity contribution < 1.29 is 14.3 Å². The highest BCUT2D eigenvalue weighted by atomic mass is 16.6. The lowest BCUT2D eigenvalue weighted by atomic mass is 9.77. The molecule has 1 aromatic carbocycles. The number of hydrogen-bond acceptors (Lipinski definition) is 5. The Morgan fingerprint density at radius 3 is 2.29 bits per heavy atom. The lowest BCUT2D eigenvalue weighted by Crippen LogP contribution is -2.55. The van der Waals surface area contributed by atoms with E-state index in [0.717, 1.165) is 18.4 Å². The highest BCUT2D eigenvalue weighted by Gasteiger charge is 2.49. The zero-order valence-electron chi connectivity index (χ0n) is 15.6. The van der Waals surface area contributed by atoms with Gasteiger partial charge in [0.1, 0.15) is 5.75 Å². The molecule has 2 rings (SSSR count). The molecule has 0 amide bonds. The molecular formula is C19H30N2O3. The van der Waals surface area contributed by atoms with Crippen molar-refractivity contribution in [2.75, 3.05) is 7.11 Å². The maximum Gasteiger partial charge on any atom is 0.346 e. The summed E-state index contributed by atoms with van der Waals surface area (Å²) in [5, 5.41) is 7.46. The van der Waals surface area contributed by atoms with E-state index in [2.05, 4.69) is 44.4 Å². The fourth-order valence-electron chi connectivity index (χ4n) is 3.33. The molecule has 5 heteroatoms. The van der Waals surface area contributed by atoms with E-state index in [9.17, 15) is 4.79 Å². The van der Waals surface area contributed by atoms with Gasteiger partial charge in [-0.1, -0.05) is 26.0 Å². The first-order chi connectivity index (χ1) is 11.3. The SMILES string of the molecule is CC[C@@]1(C)NC(c2cccc(O[C@H](C)C(=O)OC)c2)N[C@]1(C)CC. The van der Waals surface area contributed by atoms with Crippen molar-refractivity contribution in [2.45, 2.75) is 70.8 Å². The van der Waals surface area contributed by atoms with Crippen LogP contribution in [-0.2, 0) is 9.53 Å². The third kappa shape index (κ3) is 3.42. The van der Waals surface area contributed by atoms with Crippen molar-refractivity contribution in [2.24, 2.45) is 0 Å². The predicted octanol–water partition coefficient (Wildman–Crippen LogP) is 3.16. The number of esters is 1. The molecule has 0 aromatic heterocycles. The summed E-state index contributed by atoms with van der Waals surface area (Å²) in [7, 11) is 1.36. The van der Waals surface area contributed by atoms with Crippen LogP contribution in [0.3, 0.4) is 0 Å². The Labute approximate surface area is 145 Å². The van der Waals surface area contributed by atoms with Crippen LogP contribution in [0, 0.1) is 0 Å². The number of methoxy groups -OCH3 is 1. The number of ether oxygens (including phenoxy) is 2. The molecule has 134 valence electrons. The first-order valence-electron chi connectivity index (χ1n) is 8.68. The fraction of sp³-hybridized carbons (Fsp3) is 0.632. The van der Waals surface area contributed by atoms with Gasteiger partial charge in [0, 0.05) is 11.1 Å². The Balaban J connectivity index is 2.19. The minimum atomic E-state index is -0.628. The van der Waals surface area contributed by atoms with E-state index in [1.165, 1.54) is 7.11 Å². The van der Waals surface area contributed by atoms with Crippen molar-refractivity contribution >= 4 is 5.97 Å². The second-order valence-electron chi connectivity index (χ2n) is 6.95. The van der Waals surface area contributed by atoms with E-state index in [1.54, 1.807) is 6.92 Å². The predicted molar refractivity (Wildman–Crippen MR) is 95.0 cm³/mol. The minimum absolute atomic E-state index is 0.0165. The first-order valence-corrected chi connectivity index (χ1v) is 8.68. The van der Waals surface area contributed by atoms with Gasteiger partial charge in [-0.25, -0.2) is 4.79 Å². The number of hydrogen-bond donors (Lipinski definition) is 2. The van der Waals surface area contributed by atoms with Gasteiger partial charge in [0.05, 0.1) is 13.3 Å². The molecule has 1 fully saturated rings. The lowest BCUT2D eigenvalue weighted by Gasteiger charge is -2.39. The summed E-state index contributed by atoms with van der Waals surface area (Å²) in [6.45, 7) is 10.6. The van der Waals surface area contributed by atoms with Crippen LogP contribution in [0.25, 0.3) is 0 Å². The van der Waals surface area contributed by atoms with Gasteiger partial charge in [0.25, 0.3) is 0 Å². The largest absolute Gasteiger partial charge is 0.479 e. The molecule has 0 radical (unpaired) electrons. The Morgan fingerprint density at radius 1 is 1.21 bits per heavy atom. The average Bonchev–Trinajstić information content (AvgIpc) is 2.87. The summed E-state index contributed by atoms with van der Waals surface area (Å²) in [6.07, 6.45) is 1.50. The molecule has 1 aliphatic heterocycles. The van der Waals surface area contributed by atoms with Crippen LogP contribution < -0.4 is 15.4 Å². The fourth-order valence-corrected chi connectivity index (χ4v) is 3.33. The van der Waals surface area contributed by atoms with Crippen LogP contribution in [-0.4, -0.2) is 30.3 Å². The molecule has 1 heterocycles. The highest BCUT2D eigenvalue weighted by molar-refractivity contribution is 5.74. The summed E-state index contributed by atoms with van der Waals surface area (Å²) >= 11 is 0. The zero-order valence-corrected chi connectivity index (χ0v) is 15.6. The van der Waals surface area contributed by atoms with E-state index in [1.807, 2.05) is 18.2 Å². The molecular weight excluding hydrogens is 304 g/mol. The van der Waals surface area contributed by atoms with Crippen molar-refractivity contribution in [1.29, 1.82) is 0 Å². The summed E-state index contributed by atoms with van der Waals surface area (Å²) in [5.74, 6) is 0.284. The van der Waals surface area contributed by atoms with Crippen LogP contribution in [0.15, 0.2) is 24.3 Å².